The fraction of sp³-hybridized carbons (Fsp3) is 0.579. The van der Waals surface area contributed by atoms with Crippen molar-refractivity contribution in [1.82, 2.24) is 0 Å². The highest BCUT2D eigenvalue weighted by atomic mass is 16.4. The molecule has 0 aromatic heterocycles. The van der Waals surface area contributed by atoms with Crippen LogP contribution >= 0.6 is 0 Å². The molecule has 23 heavy (non-hydrogen) atoms. The quantitative estimate of drug-likeness (QED) is 0.932. The van der Waals surface area contributed by atoms with Gasteiger partial charge in [0.15, 0.2) is 0 Å². The van der Waals surface area contributed by atoms with Gasteiger partial charge in [0, 0.05) is 5.69 Å². The van der Waals surface area contributed by atoms with Gasteiger partial charge in [-0.2, -0.15) is 0 Å². The minimum absolute atomic E-state index is 0.134. The minimum Gasteiger partial charge on any atom is -0.545 e. The Morgan fingerprint density at radius 2 is 1.61 bits per heavy atom. The van der Waals surface area contributed by atoms with Crippen molar-refractivity contribution >= 4 is 17.6 Å². The van der Waals surface area contributed by atoms with Crippen LogP contribution in [0.1, 0.15) is 55.3 Å². The number of anilines is 1. The lowest BCUT2D eigenvalue weighted by atomic mass is 9.61. The number of hydrogen-bond acceptors (Lipinski definition) is 3. The van der Waals surface area contributed by atoms with Gasteiger partial charge < -0.3 is 15.2 Å². The molecule has 4 aliphatic carbocycles. The number of carboxylic acids is 1. The average Bonchev–Trinajstić information content (AvgIpc) is 2.73. The normalized spacial score (nSPS) is 34.9. The molecule has 4 bridgehead atoms. The number of rotatable bonds is 3. The first-order valence-electron chi connectivity index (χ1n) is 8.67. The molecule has 0 spiro atoms. The van der Waals surface area contributed by atoms with Crippen molar-refractivity contribution in [2.45, 2.75) is 44.9 Å². The summed E-state index contributed by atoms with van der Waals surface area (Å²) in [5, 5.41) is 13.8. The monoisotopic (exact) mass is 312 g/mol. The second-order valence-electron chi connectivity index (χ2n) is 7.85. The van der Waals surface area contributed by atoms with E-state index in [-0.39, 0.29) is 16.9 Å². The Balaban J connectivity index is 1.53. The van der Waals surface area contributed by atoms with Gasteiger partial charge in [0.05, 0.1) is 11.4 Å². The van der Waals surface area contributed by atoms with Gasteiger partial charge in [0.1, 0.15) is 0 Å². The van der Waals surface area contributed by atoms with E-state index in [4.69, 9.17) is 0 Å². The summed E-state index contributed by atoms with van der Waals surface area (Å²) in [6.07, 6.45) is 8.19. The van der Waals surface area contributed by atoms with Crippen molar-refractivity contribution in [3.8, 4) is 0 Å². The summed E-state index contributed by atoms with van der Waals surface area (Å²) in [5.74, 6) is 1.22. The second-order valence-corrected chi connectivity index (χ2v) is 7.85. The lowest BCUT2D eigenvalue weighted by molar-refractivity contribution is -0.255. The zero-order valence-corrected chi connectivity index (χ0v) is 13.2. The van der Waals surface area contributed by atoms with Gasteiger partial charge in [-0.15, -0.1) is 0 Å². The van der Waals surface area contributed by atoms with E-state index in [0.29, 0.717) is 5.69 Å². The van der Waals surface area contributed by atoms with E-state index in [1.165, 1.54) is 37.8 Å². The Morgan fingerprint density at radius 1 is 1.00 bits per heavy atom. The SMILES string of the molecule is O=C([O-])c1ccc(NC(=O)C23CCC4C[C@H](C[C@H](C4)C2)C3)cc1. The van der Waals surface area contributed by atoms with E-state index in [2.05, 4.69) is 5.32 Å². The Hall–Kier alpha value is -1.84. The standard InChI is InChI=1S/C19H23NO3/c21-17(22)15-1-3-16(4-2-15)20-18(23)19-6-5-12-7-13(10-19)9-14(8-12)11-19/h1-4,12-14H,5-11H2,(H,20,23)(H,21,22)/p-1/t12?,13-,14+,19?. The lowest BCUT2D eigenvalue weighted by Crippen LogP contribution is -2.42. The minimum atomic E-state index is -1.19. The molecule has 122 valence electrons. The number of carbonyl (C=O) groups excluding carboxylic acids is 2. The van der Waals surface area contributed by atoms with Crippen LogP contribution in [0, 0.1) is 23.2 Å². The summed E-state index contributed by atoms with van der Waals surface area (Å²) in [6.45, 7) is 0. The van der Waals surface area contributed by atoms with E-state index in [1.54, 1.807) is 12.1 Å². The molecule has 1 N–H and O–H groups in total. The molecule has 4 nitrogen and oxygen atoms in total. The summed E-state index contributed by atoms with van der Waals surface area (Å²) in [5.41, 5.74) is 0.605. The van der Waals surface area contributed by atoms with Crippen molar-refractivity contribution in [2.24, 2.45) is 23.2 Å². The molecule has 4 fully saturated rings. The number of aromatic carboxylic acids is 1. The van der Waals surface area contributed by atoms with Crippen molar-refractivity contribution in [3.63, 3.8) is 0 Å². The number of hydrogen-bond donors (Lipinski definition) is 1. The molecule has 0 heterocycles. The fourth-order valence-corrected chi connectivity index (χ4v) is 5.40. The third kappa shape index (κ3) is 2.64. The summed E-state index contributed by atoms with van der Waals surface area (Å²) < 4.78 is 0. The van der Waals surface area contributed by atoms with Gasteiger partial charge in [0.2, 0.25) is 5.91 Å². The molecule has 0 aliphatic heterocycles. The maximum Gasteiger partial charge on any atom is 0.230 e. The van der Waals surface area contributed by atoms with Gasteiger partial charge in [-0.3, -0.25) is 4.79 Å². The molecule has 2 unspecified atom stereocenters. The van der Waals surface area contributed by atoms with Crippen molar-refractivity contribution in [3.05, 3.63) is 29.8 Å². The van der Waals surface area contributed by atoms with Gasteiger partial charge in [-0.05, 0) is 80.4 Å². The van der Waals surface area contributed by atoms with E-state index in [9.17, 15) is 14.7 Å². The highest BCUT2D eigenvalue weighted by molar-refractivity contribution is 5.96. The topological polar surface area (TPSA) is 69.2 Å². The smallest absolute Gasteiger partial charge is 0.230 e. The molecule has 1 amide bonds. The molecule has 4 aliphatic rings. The van der Waals surface area contributed by atoms with Crippen molar-refractivity contribution in [1.29, 1.82) is 0 Å². The van der Waals surface area contributed by atoms with Gasteiger partial charge >= 0.3 is 0 Å². The van der Waals surface area contributed by atoms with Gasteiger partial charge in [-0.25, -0.2) is 0 Å². The van der Waals surface area contributed by atoms with Crippen LogP contribution in [0.5, 0.6) is 0 Å². The molecule has 4 saturated carbocycles. The Bertz CT molecular complexity index is 623. The Kier molecular flexibility index (Phi) is 3.43. The molecule has 1 aromatic carbocycles. The summed E-state index contributed by atoms with van der Waals surface area (Å²) in [6, 6.07) is 6.26. The van der Waals surface area contributed by atoms with Crippen LogP contribution in [0.4, 0.5) is 5.69 Å². The highest BCUT2D eigenvalue weighted by Gasteiger charge is 2.51. The first kappa shape index (κ1) is 14.7. The molecular formula is C19H22NO3-. The second kappa shape index (κ2) is 5.36. The molecule has 4 atom stereocenters. The van der Waals surface area contributed by atoms with Crippen LogP contribution in [0.25, 0.3) is 0 Å². The number of amides is 1. The lowest BCUT2D eigenvalue weighted by Gasteiger charge is -2.44. The van der Waals surface area contributed by atoms with Gasteiger partial charge in [0.25, 0.3) is 0 Å². The fourth-order valence-electron chi connectivity index (χ4n) is 5.40. The van der Waals surface area contributed by atoms with E-state index >= 15 is 0 Å². The highest BCUT2D eigenvalue weighted by Crippen LogP contribution is 2.57. The van der Waals surface area contributed by atoms with Crippen LogP contribution in [0.3, 0.4) is 0 Å². The third-order valence-electron chi connectivity index (χ3n) is 6.25. The van der Waals surface area contributed by atoms with E-state index in [1.807, 2.05) is 0 Å². The maximum absolute atomic E-state index is 13.0. The van der Waals surface area contributed by atoms with Crippen LogP contribution in [0.15, 0.2) is 24.3 Å². The summed E-state index contributed by atoms with van der Waals surface area (Å²) in [4.78, 5) is 23.8. The Morgan fingerprint density at radius 3 is 2.22 bits per heavy atom. The van der Waals surface area contributed by atoms with Crippen molar-refractivity contribution in [2.75, 3.05) is 5.32 Å². The Labute approximate surface area is 136 Å². The number of carbonyl (C=O) groups is 2. The van der Waals surface area contributed by atoms with Crippen molar-refractivity contribution < 1.29 is 14.7 Å². The molecule has 0 saturated heterocycles. The van der Waals surface area contributed by atoms with Crippen LogP contribution in [0.2, 0.25) is 0 Å². The number of carboxylic acid groups (broad SMARTS) is 1. The summed E-state index contributed by atoms with van der Waals surface area (Å²) in [7, 11) is 0. The van der Waals surface area contributed by atoms with Crippen LogP contribution in [-0.4, -0.2) is 11.9 Å². The molecule has 5 rings (SSSR count). The van der Waals surface area contributed by atoms with Crippen LogP contribution < -0.4 is 10.4 Å². The maximum atomic E-state index is 13.0. The molecule has 4 heteroatoms. The zero-order valence-electron chi connectivity index (χ0n) is 13.2. The molecular weight excluding hydrogens is 290 g/mol. The third-order valence-corrected chi connectivity index (χ3v) is 6.25. The van der Waals surface area contributed by atoms with Crippen LogP contribution in [-0.2, 0) is 4.79 Å². The number of benzene rings is 1. The molecule has 0 radical (unpaired) electrons. The predicted molar refractivity (Wildman–Crippen MR) is 84.6 cm³/mol. The zero-order chi connectivity index (χ0) is 16.0. The first-order valence-corrected chi connectivity index (χ1v) is 8.67. The van der Waals surface area contributed by atoms with E-state index in [0.717, 1.165) is 37.0 Å². The predicted octanol–water partition coefficient (Wildman–Crippen LogP) is 2.60. The van der Waals surface area contributed by atoms with Gasteiger partial charge in [-0.1, -0.05) is 12.1 Å². The largest absolute Gasteiger partial charge is 0.545 e. The average molecular weight is 312 g/mol. The first-order chi connectivity index (χ1) is 11.0. The summed E-state index contributed by atoms with van der Waals surface area (Å²) >= 11 is 0. The molecule has 1 aromatic rings. The number of nitrogens with one attached hydrogen (secondary N) is 1. The number of fused-ring (bicyclic) bond motifs is 1. The van der Waals surface area contributed by atoms with E-state index < -0.39 is 5.97 Å².